The van der Waals surface area contributed by atoms with Crippen molar-refractivity contribution in [2.45, 2.75) is 45.8 Å². The normalized spacial score (nSPS) is 12.0. The Kier molecular flexibility index (Phi) is 7.08. The van der Waals surface area contributed by atoms with E-state index in [0.29, 0.717) is 24.2 Å². The molecule has 144 valence electrons. The van der Waals surface area contributed by atoms with Gasteiger partial charge in [-0.3, -0.25) is 5.10 Å². The number of alkyl halides is 3. The summed E-state index contributed by atoms with van der Waals surface area (Å²) in [4.78, 5) is 2.14. The van der Waals surface area contributed by atoms with Gasteiger partial charge in [0.1, 0.15) is 5.75 Å². The molecule has 1 heterocycles. The Balaban J connectivity index is 2.30. The lowest BCUT2D eigenvalue weighted by atomic mass is 10.0. The minimum atomic E-state index is -4.48. The molecule has 0 saturated carbocycles. The molecule has 1 aromatic heterocycles. The number of rotatable bonds is 9. The average molecular weight is 369 g/mol. The van der Waals surface area contributed by atoms with Gasteiger partial charge in [0.15, 0.2) is 0 Å². The lowest BCUT2D eigenvalue weighted by molar-refractivity contribution is -0.138. The van der Waals surface area contributed by atoms with Crippen molar-refractivity contribution in [3.63, 3.8) is 0 Å². The SMILES string of the molecule is CCCCN(C)Cc1cn[nH]c1-c1ccc(OCCC)c(C(F)(F)F)c1. The smallest absolute Gasteiger partial charge is 0.419 e. The summed E-state index contributed by atoms with van der Waals surface area (Å²) >= 11 is 0. The van der Waals surface area contributed by atoms with E-state index in [9.17, 15) is 13.2 Å². The van der Waals surface area contributed by atoms with Crippen molar-refractivity contribution in [3.8, 4) is 17.0 Å². The van der Waals surface area contributed by atoms with Gasteiger partial charge in [-0.1, -0.05) is 20.3 Å². The van der Waals surface area contributed by atoms with Gasteiger partial charge in [0.25, 0.3) is 0 Å². The zero-order valence-electron chi connectivity index (χ0n) is 15.5. The molecule has 1 aromatic carbocycles. The van der Waals surface area contributed by atoms with E-state index in [-0.39, 0.29) is 12.4 Å². The highest BCUT2D eigenvalue weighted by molar-refractivity contribution is 5.65. The molecule has 0 radical (unpaired) electrons. The van der Waals surface area contributed by atoms with E-state index in [1.807, 2.05) is 14.0 Å². The number of nitrogens with zero attached hydrogens (tertiary/aromatic N) is 2. The Labute approximate surface area is 152 Å². The largest absolute Gasteiger partial charge is 0.493 e. The monoisotopic (exact) mass is 369 g/mol. The molecular weight excluding hydrogens is 343 g/mol. The fourth-order valence-corrected chi connectivity index (χ4v) is 2.72. The minimum absolute atomic E-state index is 0.135. The van der Waals surface area contributed by atoms with Crippen LogP contribution in [0.4, 0.5) is 13.2 Å². The second kappa shape index (κ2) is 9.07. The summed E-state index contributed by atoms with van der Waals surface area (Å²) in [5.41, 5.74) is 1.18. The molecule has 0 fully saturated rings. The lowest BCUT2D eigenvalue weighted by Gasteiger charge is -2.17. The Morgan fingerprint density at radius 1 is 1.19 bits per heavy atom. The standard InChI is InChI=1S/C19H26F3N3O/c1-4-6-9-25(3)13-15-12-23-24-18(15)14-7-8-17(26-10-5-2)16(11-14)19(20,21)22/h7-8,11-12H,4-6,9-10,13H2,1-3H3,(H,23,24). The predicted octanol–water partition coefficient (Wildman–Crippen LogP) is 5.12. The van der Waals surface area contributed by atoms with Crippen molar-refractivity contribution in [3.05, 3.63) is 35.5 Å². The van der Waals surface area contributed by atoms with Crippen molar-refractivity contribution in [1.82, 2.24) is 15.1 Å². The number of aromatic amines is 1. The van der Waals surface area contributed by atoms with Crippen LogP contribution in [0.2, 0.25) is 0 Å². The second-order valence-corrected chi connectivity index (χ2v) is 6.42. The molecule has 0 aliphatic rings. The first-order valence-corrected chi connectivity index (χ1v) is 8.92. The van der Waals surface area contributed by atoms with E-state index < -0.39 is 11.7 Å². The van der Waals surface area contributed by atoms with Crippen molar-refractivity contribution in [1.29, 1.82) is 0 Å². The quantitative estimate of drug-likeness (QED) is 0.667. The maximum Gasteiger partial charge on any atom is 0.419 e. The summed E-state index contributed by atoms with van der Waals surface area (Å²) < 4.78 is 45.6. The highest BCUT2D eigenvalue weighted by atomic mass is 19.4. The van der Waals surface area contributed by atoms with E-state index in [2.05, 4.69) is 22.0 Å². The summed E-state index contributed by atoms with van der Waals surface area (Å²) in [7, 11) is 2.00. The lowest BCUT2D eigenvalue weighted by Crippen LogP contribution is -2.19. The topological polar surface area (TPSA) is 41.2 Å². The van der Waals surface area contributed by atoms with Gasteiger partial charge in [0, 0.05) is 17.7 Å². The van der Waals surface area contributed by atoms with Crippen LogP contribution in [-0.2, 0) is 12.7 Å². The molecule has 0 bridgehead atoms. The predicted molar refractivity (Wildman–Crippen MR) is 96.1 cm³/mol. The minimum Gasteiger partial charge on any atom is -0.493 e. The molecule has 0 saturated heterocycles. The zero-order chi connectivity index (χ0) is 19.2. The maximum absolute atomic E-state index is 13.4. The third-order valence-corrected chi connectivity index (χ3v) is 4.09. The number of aromatic nitrogens is 2. The summed E-state index contributed by atoms with van der Waals surface area (Å²) in [6.07, 6.45) is 0.0136. The number of H-pyrrole nitrogens is 1. The third kappa shape index (κ3) is 5.24. The summed E-state index contributed by atoms with van der Waals surface area (Å²) in [5.74, 6) is -0.135. The Morgan fingerprint density at radius 3 is 2.62 bits per heavy atom. The van der Waals surface area contributed by atoms with E-state index in [1.165, 1.54) is 6.07 Å². The fraction of sp³-hybridized carbons (Fsp3) is 0.526. The zero-order valence-corrected chi connectivity index (χ0v) is 15.5. The highest BCUT2D eigenvalue weighted by Gasteiger charge is 2.35. The van der Waals surface area contributed by atoms with Crippen LogP contribution in [0.15, 0.2) is 24.4 Å². The van der Waals surface area contributed by atoms with Crippen LogP contribution >= 0.6 is 0 Å². The number of benzene rings is 1. The van der Waals surface area contributed by atoms with Crippen molar-refractivity contribution in [2.75, 3.05) is 20.2 Å². The molecule has 7 heteroatoms. The van der Waals surface area contributed by atoms with Crippen LogP contribution < -0.4 is 4.74 Å². The molecule has 4 nitrogen and oxygen atoms in total. The number of hydrogen-bond donors (Lipinski definition) is 1. The van der Waals surface area contributed by atoms with Gasteiger partial charge in [-0.2, -0.15) is 18.3 Å². The van der Waals surface area contributed by atoms with Crippen LogP contribution in [0.1, 0.15) is 44.2 Å². The highest BCUT2D eigenvalue weighted by Crippen LogP contribution is 2.39. The number of ether oxygens (including phenoxy) is 1. The molecule has 1 N–H and O–H groups in total. The molecule has 0 unspecified atom stereocenters. The van der Waals surface area contributed by atoms with Gasteiger partial charge < -0.3 is 9.64 Å². The molecular formula is C19H26F3N3O. The van der Waals surface area contributed by atoms with Gasteiger partial charge in [0.05, 0.1) is 24.1 Å². The molecule has 2 rings (SSSR count). The van der Waals surface area contributed by atoms with Crippen LogP contribution in [0, 0.1) is 0 Å². The van der Waals surface area contributed by atoms with Crippen LogP contribution in [0.25, 0.3) is 11.3 Å². The van der Waals surface area contributed by atoms with E-state index >= 15 is 0 Å². The molecule has 0 spiro atoms. The molecule has 0 aliphatic heterocycles. The first-order chi connectivity index (χ1) is 12.4. The number of nitrogens with one attached hydrogen (secondary N) is 1. The molecule has 0 atom stereocenters. The van der Waals surface area contributed by atoms with Gasteiger partial charge in [-0.05, 0) is 44.6 Å². The summed E-state index contributed by atoms with van der Waals surface area (Å²) in [5, 5.41) is 6.87. The van der Waals surface area contributed by atoms with Gasteiger partial charge in [-0.15, -0.1) is 0 Å². The third-order valence-electron chi connectivity index (χ3n) is 4.09. The van der Waals surface area contributed by atoms with Crippen LogP contribution in [0.3, 0.4) is 0 Å². The Morgan fingerprint density at radius 2 is 1.96 bits per heavy atom. The van der Waals surface area contributed by atoms with E-state index in [4.69, 9.17) is 4.74 Å². The summed E-state index contributed by atoms with van der Waals surface area (Å²) in [6.45, 7) is 5.78. The van der Waals surface area contributed by atoms with Crippen molar-refractivity contribution < 1.29 is 17.9 Å². The van der Waals surface area contributed by atoms with Gasteiger partial charge >= 0.3 is 6.18 Å². The molecule has 0 amide bonds. The summed E-state index contributed by atoms with van der Waals surface area (Å²) in [6, 6.07) is 4.16. The Bertz CT molecular complexity index is 698. The van der Waals surface area contributed by atoms with Crippen molar-refractivity contribution in [2.24, 2.45) is 0 Å². The number of halogens is 3. The molecule has 26 heavy (non-hydrogen) atoms. The first kappa shape index (κ1) is 20.3. The molecule has 0 aliphatic carbocycles. The fourth-order valence-electron chi connectivity index (χ4n) is 2.72. The maximum atomic E-state index is 13.4. The second-order valence-electron chi connectivity index (χ2n) is 6.42. The average Bonchev–Trinajstić information content (AvgIpc) is 3.05. The number of unbranched alkanes of at least 4 members (excludes halogenated alkanes) is 1. The molecule has 2 aromatic rings. The van der Waals surface area contributed by atoms with Crippen molar-refractivity contribution >= 4 is 0 Å². The first-order valence-electron chi connectivity index (χ1n) is 8.92. The van der Waals surface area contributed by atoms with Gasteiger partial charge in [-0.25, -0.2) is 0 Å². The Hall–Kier alpha value is -2.02. The van der Waals surface area contributed by atoms with Gasteiger partial charge in [0.2, 0.25) is 0 Å². The van der Waals surface area contributed by atoms with E-state index in [1.54, 1.807) is 12.3 Å². The van der Waals surface area contributed by atoms with Crippen LogP contribution in [0.5, 0.6) is 5.75 Å². The van der Waals surface area contributed by atoms with E-state index in [0.717, 1.165) is 31.0 Å². The number of hydrogen-bond acceptors (Lipinski definition) is 3. The van der Waals surface area contributed by atoms with Crippen LogP contribution in [-0.4, -0.2) is 35.3 Å².